The molecule has 0 radical (unpaired) electrons. The molecule has 2 aliphatic heterocycles. The average Bonchev–Trinajstić information content (AvgIpc) is 3.57. The number of allylic oxidation sites excluding steroid dienone is 1. The Morgan fingerprint density at radius 1 is 1.20 bits per heavy atom. The summed E-state index contributed by atoms with van der Waals surface area (Å²) in [6.45, 7) is 7.25. The molecule has 2 saturated heterocycles. The normalized spacial score (nSPS) is 34.4. The number of hydrogen-bond acceptors (Lipinski definition) is 9. The predicted molar refractivity (Wildman–Crippen MR) is 149 cm³/mol. The first kappa shape index (κ1) is 31.2. The summed E-state index contributed by atoms with van der Waals surface area (Å²) < 4.78 is 27.4. The number of fused-ring (bicyclic) bond motifs is 2. The molecule has 1 aromatic carbocycles. The van der Waals surface area contributed by atoms with Crippen LogP contribution in [0.5, 0.6) is 0 Å². The molecule has 10 heteroatoms. The maximum absolute atomic E-state index is 13.9. The van der Waals surface area contributed by atoms with E-state index in [2.05, 4.69) is 5.32 Å². The number of benzene rings is 1. The number of hydrogen-bond donors (Lipinski definition) is 2. The Hall–Kier alpha value is -2.79. The van der Waals surface area contributed by atoms with Crippen molar-refractivity contribution < 1.29 is 43.2 Å². The van der Waals surface area contributed by atoms with Gasteiger partial charge in [-0.05, 0) is 38.2 Å². The van der Waals surface area contributed by atoms with Crippen molar-refractivity contribution in [1.29, 1.82) is 0 Å². The number of ether oxygens (including phenoxy) is 5. The van der Waals surface area contributed by atoms with Crippen LogP contribution in [0.1, 0.15) is 46.1 Å². The molecule has 3 aliphatic rings. The summed E-state index contributed by atoms with van der Waals surface area (Å²) >= 11 is 0. The van der Waals surface area contributed by atoms with Crippen molar-refractivity contribution in [1.82, 2.24) is 5.32 Å². The summed E-state index contributed by atoms with van der Waals surface area (Å²) in [5.41, 5.74) is -2.66. The second-order valence-corrected chi connectivity index (χ2v) is 12.0. The highest BCUT2D eigenvalue weighted by molar-refractivity contribution is 5.92. The van der Waals surface area contributed by atoms with Gasteiger partial charge >= 0.3 is 6.16 Å². The summed E-state index contributed by atoms with van der Waals surface area (Å²) in [6.07, 6.45) is 2.46. The van der Waals surface area contributed by atoms with Crippen LogP contribution in [0.4, 0.5) is 4.79 Å². The molecule has 2 heterocycles. The first-order valence-electron chi connectivity index (χ1n) is 14.1. The van der Waals surface area contributed by atoms with Crippen LogP contribution < -0.4 is 5.32 Å². The van der Waals surface area contributed by atoms with Gasteiger partial charge in [-0.1, -0.05) is 56.3 Å². The number of rotatable bonds is 12. The van der Waals surface area contributed by atoms with Gasteiger partial charge in [0.25, 0.3) is 5.91 Å². The van der Waals surface area contributed by atoms with E-state index in [-0.39, 0.29) is 36.2 Å². The van der Waals surface area contributed by atoms with Crippen molar-refractivity contribution in [2.75, 3.05) is 21.3 Å². The van der Waals surface area contributed by atoms with Crippen LogP contribution in [0.25, 0.3) is 0 Å². The molecular formula is C31H43NO9. The first-order valence-corrected chi connectivity index (χ1v) is 14.1. The number of carbonyl (C=O) groups is 3. The molecule has 9 atom stereocenters. The third kappa shape index (κ3) is 5.67. The zero-order valence-corrected chi connectivity index (χ0v) is 24.9. The highest BCUT2D eigenvalue weighted by Gasteiger charge is 2.78. The molecule has 10 nitrogen and oxygen atoms in total. The molecule has 41 heavy (non-hydrogen) atoms. The van der Waals surface area contributed by atoms with E-state index in [1.807, 2.05) is 56.3 Å². The molecule has 2 N–H and O–H groups in total. The highest BCUT2D eigenvalue weighted by atomic mass is 16.7. The third-order valence-corrected chi connectivity index (χ3v) is 9.37. The highest BCUT2D eigenvalue weighted by Crippen LogP contribution is 2.63. The van der Waals surface area contributed by atoms with Crippen LogP contribution in [-0.4, -0.2) is 79.5 Å². The van der Waals surface area contributed by atoms with Gasteiger partial charge in [0.1, 0.15) is 5.60 Å². The minimum atomic E-state index is -1.65. The van der Waals surface area contributed by atoms with Crippen LogP contribution in [0, 0.1) is 23.7 Å². The molecule has 1 saturated carbocycles. The Morgan fingerprint density at radius 2 is 1.85 bits per heavy atom. The number of carbonyl (C=O) groups excluding carboxylic acids is 3. The molecule has 4 rings (SSSR count). The van der Waals surface area contributed by atoms with E-state index < -0.39 is 47.0 Å². The molecule has 226 valence electrons. The largest absolute Gasteiger partial charge is 0.509 e. The van der Waals surface area contributed by atoms with Gasteiger partial charge in [0, 0.05) is 38.5 Å². The van der Waals surface area contributed by atoms with E-state index in [1.54, 1.807) is 6.92 Å². The topological polar surface area (TPSA) is 133 Å². The van der Waals surface area contributed by atoms with E-state index in [0.29, 0.717) is 12.8 Å². The van der Waals surface area contributed by atoms with E-state index >= 15 is 0 Å². The van der Waals surface area contributed by atoms with E-state index in [9.17, 15) is 19.5 Å². The Morgan fingerprint density at radius 3 is 2.46 bits per heavy atom. The second-order valence-electron chi connectivity index (χ2n) is 12.0. The fraction of sp³-hybridized carbons (Fsp3) is 0.645. The van der Waals surface area contributed by atoms with Gasteiger partial charge < -0.3 is 34.1 Å². The molecule has 0 bridgehead atoms. The number of nitrogens with one attached hydrogen (secondary N) is 1. The summed E-state index contributed by atoms with van der Waals surface area (Å²) in [5.74, 6) is -2.40. The monoisotopic (exact) mass is 573 g/mol. The fourth-order valence-electron chi connectivity index (χ4n) is 6.94. The van der Waals surface area contributed by atoms with Crippen molar-refractivity contribution in [2.45, 2.75) is 82.2 Å². The zero-order chi connectivity index (χ0) is 30.2. The SMILES string of the molecule is COC(=O)O[C@]12C(=O)N[C@H](Cc3ccccc3)[C@H]1[C@@H](C)[C@]1(C)O[C@@H]1[C@H]2/C=C/C[C@@H](C)C(=O)[C@@](C)(O)CC(OC)OC. The van der Waals surface area contributed by atoms with Crippen LogP contribution in [0.2, 0.25) is 0 Å². The van der Waals surface area contributed by atoms with Gasteiger partial charge in [-0.25, -0.2) is 4.79 Å². The quantitative estimate of drug-likeness (QED) is 0.167. The van der Waals surface area contributed by atoms with Crippen LogP contribution in [0.15, 0.2) is 42.5 Å². The summed E-state index contributed by atoms with van der Waals surface area (Å²) in [5, 5.41) is 14.0. The van der Waals surface area contributed by atoms with Gasteiger partial charge in [0.05, 0.1) is 24.7 Å². The van der Waals surface area contributed by atoms with Gasteiger partial charge in [-0.2, -0.15) is 0 Å². The molecule has 3 fully saturated rings. The molecule has 0 aromatic heterocycles. The number of epoxide rings is 1. The lowest BCUT2D eigenvalue weighted by molar-refractivity contribution is -0.161. The van der Waals surface area contributed by atoms with Crippen molar-refractivity contribution in [2.24, 2.45) is 23.7 Å². The molecule has 0 unspecified atom stereocenters. The number of methoxy groups -OCH3 is 3. The minimum absolute atomic E-state index is 0.0115. The Labute approximate surface area is 241 Å². The number of aliphatic hydroxyl groups is 1. The van der Waals surface area contributed by atoms with Gasteiger partial charge in [-0.15, -0.1) is 0 Å². The van der Waals surface area contributed by atoms with Crippen LogP contribution in [-0.2, 0) is 39.7 Å². The molecular weight excluding hydrogens is 530 g/mol. The zero-order valence-electron chi connectivity index (χ0n) is 24.9. The Balaban J connectivity index is 1.61. The minimum Gasteiger partial charge on any atom is -0.438 e. The number of Topliss-reactive ketones (excluding diaryl/α,β-unsaturated/α-hetero) is 1. The summed E-state index contributed by atoms with van der Waals surface area (Å²) in [7, 11) is 4.11. The third-order valence-electron chi connectivity index (χ3n) is 9.37. The van der Waals surface area contributed by atoms with Crippen LogP contribution >= 0.6 is 0 Å². The van der Waals surface area contributed by atoms with E-state index in [0.717, 1.165) is 5.56 Å². The summed E-state index contributed by atoms with van der Waals surface area (Å²) in [6, 6.07) is 9.55. The predicted octanol–water partition coefficient (Wildman–Crippen LogP) is 3.20. The van der Waals surface area contributed by atoms with Crippen molar-refractivity contribution in [3.8, 4) is 0 Å². The maximum Gasteiger partial charge on any atom is 0.509 e. The lowest BCUT2D eigenvalue weighted by Gasteiger charge is -2.45. The van der Waals surface area contributed by atoms with Crippen molar-refractivity contribution in [3.05, 3.63) is 48.0 Å². The Bertz CT molecular complexity index is 1150. The standard InChI is InChI=1S/C31H43NO9/c1-18(25(33)29(3,36)17-23(37-5)38-6)12-11-15-21-26-30(4,40-26)19(2)24-22(16-20-13-9-8-10-14-20)32-27(34)31(21,24)41-28(35)39-7/h8-11,13-15,18-19,21-24,26,36H,12,16-17H2,1-7H3,(H,32,34)/b15-11+/t18-,19-,21-,22-,24-,26-,29+,30+,31+/m1/s1. The van der Waals surface area contributed by atoms with E-state index in [1.165, 1.54) is 28.3 Å². The average molecular weight is 574 g/mol. The van der Waals surface area contributed by atoms with Gasteiger partial charge in [-0.3, -0.25) is 9.59 Å². The number of ketones is 1. The van der Waals surface area contributed by atoms with E-state index in [4.69, 9.17) is 23.7 Å². The van der Waals surface area contributed by atoms with Gasteiger partial charge in [0.15, 0.2) is 12.1 Å². The van der Waals surface area contributed by atoms with Crippen LogP contribution in [0.3, 0.4) is 0 Å². The molecule has 1 aliphatic carbocycles. The molecule has 1 aromatic rings. The maximum atomic E-state index is 13.9. The second kappa shape index (κ2) is 11.8. The fourth-order valence-corrected chi connectivity index (χ4v) is 6.94. The smallest absolute Gasteiger partial charge is 0.438 e. The first-order chi connectivity index (χ1) is 19.3. The van der Waals surface area contributed by atoms with Crippen molar-refractivity contribution in [3.63, 3.8) is 0 Å². The van der Waals surface area contributed by atoms with Crippen molar-refractivity contribution >= 4 is 17.8 Å². The van der Waals surface area contributed by atoms with Gasteiger partial charge in [0.2, 0.25) is 5.60 Å². The lowest BCUT2D eigenvalue weighted by Crippen LogP contribution is -2.61. The number of amides is 1. The molecule has 1 amide bonds. The lowest BCUT2D eigenvalue weighted by atomic mass is 9.59. The molecule has 0 spiro atoms. The Kier molecular flexibility index (Phi) is 8.99. The summed E-state index contributed by atoms with van der Waals surface area (Å²) in [4.78, 5) is 39.6.